The Kier molecular flexibility index (Phi) is 7.41. The zero-order valence-electron chi connectivity index (χ0n) is 16.6. The Labute approximate surface area is 171 Å². The zero-order valence-corrected chi connectivity index (χ0v) is 16.6. The third kappa shape index (κ3) is 6.76. The van der Waals surface area contributed by atoms with Crippen LogP contribution in [0.4, 0.5) is 5.69 Å². The lowest BCUT2D eigenvalue weighted by Gasteiger charge is -2.31. The highest BCUT2D eigenvalue weighted by atomic mass is 16.5. The summed E-state index contributed by atoms with van der Waals surface area (Å²) in [5.74, 6) is 0.643. The van der Waals surface area contributed by atoms with Crippen LogP contribution in [0.5, 0.6) is 5.75 Å². The molecule has 0 bridgehead atoms. The Morgan fingerprint density at radius 1 is 1.10 bits per heavy atom. The van der Waals surface area contributed by atoms with Crippen molar-refractivity contribution < 1.29 is 14.3 Å². The molecule has 29 heavy (non-hydrogen) atoms. The fourth-order valence-corrected chi connectivity index (χ4v) is 3.33. The van der Waals surface area contributed by atoms with Crippen molar-refractivity contribution in [2.24, 2.45) is 0 Å². The largest absolute Gasteiger partial charge is 0.497 e. The number of hydrogen-bond donors (Lipinski definition) is 2. The number of benzene rings is 2. The van der Waals surface area contributed by atoms with Crippen LogP contribution in [0.15, 0.2) is 60.7 Å². The molecule has 0 aromatic heterocycles. The topological polar surface area (TPSA) is 70.7 Å². The van der Waals surface area contributed by atoms with E-state index in [1.807, 2.05) is 54.6 Å². The summed E-state index contributed by atoms with van der Waals surface area (Å²) in [5.41, 5.74) is 1.72. The zero-order chi connectivity index (χ0) is 20.5. The minimum absolute atomic E-state index is 0.0140. The number of likely N-dealkylation sites (tertiary alicyclic amines) is 1. The number of para-hydroxylation sites is 1. The molecule has 2 N–H and O–H groups in total. The first-order valence-corrected chi connectivity index (χ1v) is 9.82. The van der Waals surface area contributed by atoms with Gasteiger partial charge in [0.05, 0.1) is 13.7 Å². The van der Waals surface area contributed by atoms with Crippen LogP contribution in [0.3, 0.4) is 0 Å². The second-order valence-corrected chi connectivity index (χ2v) is 7.08. The average molecular weight is 393 g/mol. The normalized spacial score (nSPS) is 15.2. The summed E-state index contributed by atoms with van der Waals surface area (Å²) in [6.45, 7) is 1.94. The molecule has 1 heterocycles. The number of ether oxygens (including phenoxy) is 1. The average Bonchev–Trinajstić information content (AvgIpc) is 2.74. The van der Waals surface area contributed by atoms with Gasteiger partial charge in [-0.1, -0.05) is 30.3 Å². The second kappa shape index (κ2) is 10.4. The smallest absolute Gasteiger partial charge is 0.244 e. The molecule has 1 fully saturated rings. The fraction of sp³-hybridized carbons (Fsp3) is 0.304. The summed E-state index contributed by atoms with van der Waals surface area (Å²) in [6, 6.07) is 17.1. The Bertz CT molecular complexity index is 843. The van der Waals surface area contributed by atoms with Crippen molar-refractivity contribution in [3.05, 3.63) is 66.2 Å². The van der Waals surface area contributed by atoms with Gasteiger partial charge < -0.3 is 15.4 Å². The van der Waals surface area contributed by atoms with Gasteiger partial charge >= 0.3 is 0 Å². The molecule has 6 nitrogen and oxygen atoms in total. The lowest BCUT2D eigenvalue weighted by molar-refractivity contribution is -0.119. The fourth-order valence-electron chi connectivity index (χ4n) is 3.33. The number of nitrogens with zero attached hydrogens (tertiary/aromatic N) is 1. The maximum Gasteiger partial charge on any atom is 0.244 e. The molecule has 3 rings (SSSR count). The number of anilines is 1. The van der Waals surface area contributed by atoms with E-state index >= 15 is 0 Å². The highest BCUT2D eigenvalue weighted by Crippen LogP contribution is 2.14. The molecule has 1 saturated heterocycles. The number of methoxy groups -OCH3 is 1. The predicted molar refractivity (Wildman–Crippen MR) is 115 cm³/mol. The molecule has 1 aliphatic rings. The molecule has 0 atom stereocenters. The molecule has 2 aromatic carbocycles. The van der Waals surface area contributed by atoms with Gasteiger partial charge in [-0.05, 0) is 48.7 Å². The van der Waals surface area contributed by atoms with Gasteiger partial charge in [-0.25, -0.2) is 0 Å². The first kappa shape index (κ1) is 20.6. The quantitative estimate of drug-likeness (QED) is 0.710. The highest BCUT2D eigenvalue weighted by Gasteiger charge is 2.21. The number of piperidine rings is 1. The predicted octanol–water partition coefficient (Wildman–Crippen LogP) is 2.93. The summed E-state index contributed by atoms with van der Waals surface area (Å²) in [7, 11) is 1.62. The number of amides is 2. The summed E-state index contributed by atoms with van der Waals surface area (Å²) in [4.78, 5) is 26.5. The molecule has 0 saturated carbocycles. The molecule has 2 aromatic rings. The van der Waals surface area contributed by atoms with Crippen molar-refractivity contribution in [2.45, 2.75) is 18.9 Å². The monoisotopic (exact) mass is 393 g/mol. The standard InChI is InChI=1S/C23H27N3O3/c1-29-21-9-5-6-18(16-21)10-11-22(27)24-20-12-14-26(15-13-20)17-23(28)25-19-7-3-2-4-8-19/h2-11,16,20H,12-15,17H2,1H3,(H,24,27)(H,25,28)/b11-10+. The third-order valence-corrected chi connectivity index (χ3v) is 4.88. The summed E-state index contributed by atoms with van der Waals surface area (Å²) in [5, 5.41) is 5.95. The van der Waals surface area contributed by atoms with Crippen LogP contribution >= 0.6 is 0 Å². The van der Waals surface area contributed by atoms with Crippen LogP contribution in [0.1, 0.15) is 18.4 Å². The van der Waals surface area contributed by atoms with E-state index in [4.69, 9.17) is 4.74 Å². The van der Waals surface area contributed by atoms with E-state index in [9.17, 15) is 9.59 Å². The van der Waals surface area contributed by atoms with E-state index in [1.165, 1.54) is 0 Å². The van der Waals surface area contributed by atoms with E-state index in [-0.39, 0.29) is 17.9 Å². The van der Waals surface area contributed by atoms with Gasteiger partial charge in [-0.2, -0.15) is 0 Å². The molecule has 6 heteroatoms. The number of carbonyl (C=O) groups is 2. The van der Waals surface area contributed by atoms with Crippen LogP contribution in [0, 0.1) is 0 Å². The third-order valence-electron chi connectivity index (χ3n) is 4.88. The molecule has 1 aliphatic heterocycles. The maximum atomic E-state index is 12.2. The molecular weight excluding hydrogens is 366 g/mol. The van der Waals surface area contributed by atoms with Crippen molar-refractivity contribution in [3.8, 4) is 5.75 Å². The minimum Gasteiger partial charge on any atom is -0.497 e. The van der Waals surface area contributed by atoms with E-state index < -0.39 is 0 Å². The molecule has 0 unspecified atom stereocenters. The summed E-state index contributed by atoms with van der Waals surface area (Å²) >= 11 is 0. The van der Waals surface area contributed by atoms with Gasteiger partial charge in [0.15, 0.2) is 0 Å². The molecular formula is C23H27N3O3. The molecule has 152 valence electrons. The maximum absolute atomic E-state index is 12.2. The molecule has 0 radical (unpaired) electrons. The highest BCUT2D eigenvalue weighted by molar-refractivity contribution is 5.92. The lowest BCUT2D eigenvalue weighted by Crippen LogP contribution is -2.46. The van der Waals surface area contributed by atoms with Gasteiger partial charge in [0, 0.05) is 30.9 Å². The van der Waals surface area contributed by atoms with E-state index in [1.54, 1.807) is 19.3 Å². The van der Waals surface area contributed by atoms with Crippen LogP contribution < -0.4 is 15.4 Å². The number of nitrogens with one attached hydrogen (secondary N) is 2. The number of rotatable bonds is 7. The number of hydrogen-bond acceptors (Lipinski definition) is 4. The Morgan fingerprint density at radius 2 is 1.86 bits per heavy atom. The van der Waals surface area contributed by atoms with Crippen LogP contribution in [0.2, 0.25) is 0 Å². The second-order valence-electron chi connectivity index (χ2n) is 7.08. The van der Waals surface area contributed by atoms with Crippen molar-refractivity contribution in [1.82, 2.24) is 10.2 Å². The van der Waals surface area contributed by atoms with Crippen molar-refractivity contribution >= 4 is 23.6 Å². The van der Waals surface area contributed by atoms with E-state index in [0.717, 1.165) is 42.9 Å². The van der Waals surface area contributed by atoms with E-state index in [0.29, 0.717) is 6.54 Å². The van der Waals surface area contributed by atoms with Gasteiger partial charge in [0.2, 0.25) is 11.8 Å². The SMILES string of the molecule is COc1cccc(/C=C/C(=O)NC2CCN(CC(=O)Nc3ccccc3)CC2)c1. The van der Waals surface area contributed by atoms with Crippen LogP contribution in [-0.2, 0) is 9.59 Å². The molecule has 2 amide bonds. The first-order valence-electron chi connectivity index (χ1n) is 9.82. The molecule has 0 spiro atoms. The summed E-state index contributed by atoms with van der Waals surface area (Å²) < 4.78 is 5.19. The van der Waals surface area contributed by atoms with Gasteiger partial charge in [-0.3, -0.25) is 14.5 Å². The minimum atomic E-state index is -0.104. The van der Waals surface area contributed by atoms with Crippen molar-refractivity contribution in [1.29, 1.82) is 0 Å². The Hall–Kier alpha value is -3.12. The van der Waals surface area contributed by atoms with E-state index in [2.05, 4.69) is 15.5 Å². The number of carbonyl (C=O) groups excluding carboxylic acids is 2. The van der Waals surface area contributed by atoms with Gasteiger partial charge in [-0.15, -0.1) is 0 Å². The van der Waals surface area contributed by atoms with Crippen LogP contribution in [-0.4, -0.2) is 49.5 Å². The molecule has 0 aliphatic carbocycles. The first-order chi connectivity index (χ1) is 14.1. The van der Waals surface area contributed by atoms with Gasteiger partial charge in [0.25, 0.3) is 0 Å². The summed E-state index contributed by atoms with van der Waals surface area (Å²) in [6.07, 6.45) is 4.99. The Balaban J connectivity index is 1.39. The van der Waals surface area contributed by atoms with Crippen molar-refractivity contribution in [2.75, 3.05) is 32.1 Å². The Morgan fingerprint density at radius 3 is 2.59 bits per heavy atom. The van der Waals surface area contributed by atoms with Crippen LogP contribution in [0.25, 0.3) is 6.08 Å². The lowest BCUT2D eigenvalue weighted by atomic mass is 10.0. The van der Waals surface area contributed by atoms with Gasteiger partial charge in [0.1, 0.15) is 5.75 Å². The van der Waals surface area contributed by atoms with Crippen molar-refractivity contribution in [3.63, 3.8) is 0 Å².